The van der Waals surface area contributed by atoms with E-state index >= 15 is 0 Å². The molecule has 1 heterocycles. The molecule has 55 heavy (non-hydrogen) atoms. The van der Waals surface area contributed by atoms with Gasteiger partial charge in [-0.1, -0.05) is 130 Å². The minimum Gasteiger partial charge on any atom is -0.462 e. The fraction of sp³-hybridized carbons (Fsp3) is 0.565. The number of rotatable bonds is 30. The summed E-state index contributed by atoms with van der Waals surface area (Å²) in [5.74, 6) is -0.913. The number of hydrogen-bond acceptors (Lipinski definition) is 9. The summed E-state index contributed by atoms with van der Waals surface area (Å²) >= 11 is 0. The third kappa shape index (κ3) is 26.8. The van der Waals surface area contributed by atoms with Gasteiger partial charge in [0, 0.05) is 12.8 Å². The van der Waals surface area contributed by atoms with Crippen molar-refractivity contribution in [3.63, 3.8) is 0 Å². The second-order valence-electron chi connectivity index (χ2n) is 13.2. The first-order valence-electron chi connectivity index (χ1n) is 20.3. The third-order valence-corrected chi connectivity index (χ3v) is 8.39. The van der Waals surface area contributed by atoms with Crippen molar-refractivity contribution in [1.82, 2.24) is 0 Å². The normalized spacial score (nSPS) is 21.7. The molecule has 0 aromatic rings. The molecular formula is C46H70O9. The highest BCUT2D eigenvalue weighted by atomic mass is 16.7. The largest absolute Gasteiger partial charge is 0.462 e. The summed E-state index contributed by atoms with van der Waals surface area (Å²) in [4.78, 5) is 25.2. The number of allylic oxidation sites excluding steroid dienone is 18. The molecule has 1 fully saturated rings. The van der Waals surface area contributed by atoms with E-state index in [1.807, 2.05) is 18.2 Å². The molecule has 1 aliphatic heterocycles. The number of aliphatic hydroxyl groups is 3. The van der Waals surface area contributed by atoms with Crippen molar-refractivity contribution in [1.29, 1.82) is 0 Å². The van der Waals surface area contributed by atoms with Crippen molar-refractivity contribution in [2.45, 2.75) is 154 Å². The van der Waals surface area contributed by atoms with Crippen molar-refractivity contribution >= 4 is 11.9 Å². The lowest BCUT2D eigenvalue weighted by molar-refractivity contribution is -0.301. The Hall–Kier alpha value is -3.60. The van der Waals surface area contributed by atoms with Crippen LogP contribution in [0.1, 0.15) is 117 Å². The van der Waals surface area contributed by atoms with E-state index < -0.39 is 48.7 Å². The molecule has 308 valence electrons. The number of carbonyl (C=O) groups excluding carboxylic acids is 2. The Bertz CT molecular complexity index is 1250. The lowest BCUT2D eigenvalue weighted by Gasteiger charge is -2.40. The quantitative estimate of drug-likeness (QED) is 0.0372. The van der Waals surface area contributed by atoms with Crippen LogP contribution in [0, 0.1) is 0 Å². The van der Waals surface area contributed by atoms with Crippen LogP contribution in [-0.2, 0) is 28.5 Å². The molecule has 0 bridgehead atoms. The van der Waals surface area contributed by atoms with Crippen LogP contribution in [0.5, 0.6) is 0 Å². The smallest absolute Gasteiger partial charge is 0.306 e. The summed E-state index contributed by atoms with van der Waals surface area (Å²) in [6.07, 6.45) is 41.8. The van der Waals surface area contributed by atoms with Crippen LogP contribution in [0.2, 0.25) is 0 Å². The van der Waals surface area contributed by atoms with Crippen LogP contribution >= 0.6 is 0 Å². The summed E-state index contributed by atoms with van der Waals surface area (Å²) in [6, 6.07) is 0. The highest BCUT2D eigenvalue weighted by Gasteiger charge is 2.43. The molecule has 0 spiro atoms. The van der Waals surface area contributed by atoms with Crippen LogP contribution in [0.25, 0.3) is 0 Å². The van der Waals surface area contributed by atoms with Crippen molar-refractivity contribution in [2.24, 2.45) is 0 Å². The van der Waals surface area contributed by atoms with Gasteiger partial charge in [-0.05, 0) is 83.5 Å². The van der Waals surface area contributed by atoms with E-state index in [-0.39, 0.29) is 26.1 Å². The van der Waals surface area contributed by atoms with Crippen LogP contribution in [0.15, 0.2) is 109 Å². The Morgan fingerprint density at radius 1 is 0.545 bits per heavy atom. The number of carbonyl (C=O) groups is 2. The molecule has 3 N–H and O–H groups in total. The van der Waals surface area contributed by atoms with Crippen LogP contribution in [0.4, 0.5) is 0 Å². The zero-order chi connectivity index (χ0) is 40.2. The predicted octanol–water partition coefficient (Wildman–Crippen LogP) is 9.18. The molecule has 6 unspecified atom stereocenters. The van der Waals surface area contributed by atoms with E-state index in [4.69, 9.17) is 18.9 Å². The monoisotopic (exact) mass is 767 g/mol. The second kappa shape index (κ2) is 34.9. The predicted molar refractivity (Wildman–Crippen MR) is 222 cm³/mol. The van der Waals surface area contributed by atoms with E-state index in [0.29, 0.717) is 19.3 Å². The van der Waals surface area contributed by atoms with Gasteiger partial charge in [0.2, 0.25) is 0 Å². The van der Waals surface area contributed by atoms with Gasteiger partial charge < -0.3 is 34.3 Å². The molecule has 9 nitrogen and oxygen atoms in total. The minimum absolute atomic E-state index is 0.122. The van der Waals surface area contributed by atoms with Crippen molar-refractivity contribution in [3.8, 4) is 0 Å². The molecule has 6 atom stereocenters. The molecule has 0 saturated carbocycles. The molecule has 0 aliphatic carbocycles. The van der Waals surface area contributed by atoms with Crippen molar-refractivity contribution < 1.29 is 43.9 Å². The highest BCUT2D eigenvalue weighted by molar-refractivity contribution is 5.70. The lowest BCUT2D eigenvalue weighted by Crippen LogP contribution is -2.58. The topological polar surface area (TPSA) is 132 Å². The summed E-state index contributed by atoms with van der Waals surface area (Å²) in [5.41, 5.74) is 0. The van der Waals surface area contributed by atoms with Gasteiger partial charge in [0.15, 0.2) is 12.4 Å². The Kier molecular flexibility index (Phi) is 31.3. The van der Waals surface area contributed by atoms with Gasteiger partial charge in [0.05, 0.1) is 12.7 Å². The maximum atomic E-state index is 12.7. The number of aliphatic hydroxyl groups excluding tert-OH is 3. The second-order valence-corrected chi connectivity index (χ2v) is 13.2. The van der Waals surface area contributed by atoms with Gasteiger partial charge >= 0.3 is 11.9 Å². The van der Waals surface area contributed by atoms with Gasteiger partial charge in [-0.25, -0.2) is 0 Å². The van der Waals surface area contributed by atoms with Crippen LogP contribution < -0.4 is 0 Å². The Balaban J connectivity index is 2.48. The first-order valence-corrected chi connectivity index (χ1v) is 20.3. The first-order chi connectivity index (χ1) is 26.8. The maximum Gasteiger partial charge on any atom is 0.306 e. The summed E-state index contributed by atoms with van der Waals surface area (Å²) in [5, 5.41) is 30.8. The number of unbranched alkanes of at least 4 members (excludes halogenated alkanes) is 1. The summed E-state index contributed by atoms with van der Waals surface area (Å²) in [6.45, 7) is 5.54. The molecule has 9 heteroatoms. The molecular weight excluding hydrogens is 696 g/mol. The number of ether oxygens (including phenoxy) is 4. The summed E-state index contributed by atoms with van der Waals surface area (Å²) < 4.78 is 22.4. The highest BCUT2D eigenvalue weighted by Crippen LogP contribution is 2.24. The standard InChI is InChI=1S/C46H70O9/c1-4-7-9-11-13-15-17-19-20-21-22-24-25-27-29-31-33-35-41(47)52-37-39(38-53-46-45(51)44(50)43(49)40(6-3)55-46)54-42(48)36-34-32-30-28-26-23-18-16-14-12-10-8-5-2/h7-10,13-16,19-20,22-24,26-27,29-30,32,39-40,43-46,49-51H,4-6,11-12,17-18,21,25,28,31,33-38H2,1-3H3/b9-7-,10-8-,15-13-,16-14-,20-19-,24-22-,26-23-,29-27-,32-30-. The summed E-state index contributed by atoms with van der Waals surface area (Å²) in [7, 11) is 0. The number of esters is 2. The molecule has 0 radical (unpaired) electrons. The fourth-order valence-electron chi connectivity index (χ4n) is 5.24. The third-order valence-electron chi connectivity index (χ3n) is 8.39. The first kappa shape index (κ1) is 49.4. The van der Waals surface area contributed by atoms with Gasteiger partial charge in [0.25, 0.3) is 0 Å². The van der Waals surface area contributed by atoms with E-state index in [2.05, 4.69) is 105 Å². The van der Waals surface area contributed by atoms with Crippen LogP contribution in [-0.4, -0.2) is 77.3 Å². The Morgan fingerprint density at radius 3 is 1.47 bits per heavy atom. The average molecular weight is 767 g/mol. The van der Waals surface area contributed by atoms with Gasteiger partial charge in [0.1, 0.15) is 24.9 Å². The minimum atomic E-state index is -1.51. The van der Waals surface area contributed by atoms with Crippen LogP contribution in [0.3, 0.4) is 0 Å². The van der Waals surface area contributed by atoms with E-state index in [1.54, 1.807) is 6.92 Å². The fourth-order valence-corrected chi connectivity index (χ4v) is 5.24. The molecule has 1 aliphatic rings. The molecule has 0 amide bonds. The molecule has 1 saturated heterocycles. The van der Waals surface area contributed by atoms with Crippen molar-refractivity contribution in [2.75, 3.05) is 13.2 Å². The Morgan fingerprint density at radius 2 is 1.00 bits per heavy atom. The maximum absolute atomic E-state index is 12.7. The van der Waals surface area contributed by atoms with Gasteiger partial charge in [-0.15, -0.1) is 0 Å². The molecule has 1 rings (SSSR count). The van der Waals surface area contributed by atoms with Gasteiger partial charge in [-0.3, -0.25) is 9.59 Å². The average Bonchev–Trinajstić information content (AvgIpc) is 3.18. The van der Waals surface area contributed by atoms with E-state index in [0.717, 1.165) is 64.2 Å². The molecule has 0 aromatic heterocycles. The van der Waals surface area contributed by atoms with Gasteiger partial charge in [-0.2, -0.15) is 0 Å². The number of hydrogen-bond donors (Lipinski definition) is 3. The molecule has 0 aromatic carbocycles. The van der Waals surface area contributed by atoms with E-state index in [1.165, 1.54) is 0 Å². The zero-order valence-electron chi connectivity index (χ0n) is 33.7. The zero-order valence-corrected chi connectivity index (χ0v) is 33.7. The van der Waals surface area contributed by atoms with Crippen molar-refractivity contribution in [3.05, 3.63) is 109 Å². The Labute approximate surface area is 331 Å². The van der Waals surface area contributed by atoms with E-state index in [9.17, 15) is 24.9 Å². The lowest BCUT2D eigenvalue weighted by atomic mass is 9.97. The SMILES string of the molecule is CC/C=C\C/C=C\C/C=C\C/C=C\C/C=C\CCCC(=O)OCC(COC1OC(CC)C(O)C(O)C1O)OC(=O)CC/C=C\C/C=C\C/C=C\C/C=C\CC.